The molecule has 2 aromatic rings. The third kappa shape index (κ3) is 2.80. The highest BCUT2D eigenvalue weighted by Crippen LogP contribution is 2.21. The van der Waals surface area contributed by atoms with E-state index in [0.717, 1.165) is 15.8 Å². The van der Waals surface area contributed by atoms with Gasteiger partial charge in [0.25, 0.3) is 0 Å². The van der Waals surface area contributed by atoms with Crippen LogP contribution in [0.4, 0.5) is 0 Å². The van der Waals surface area contributed by atoms with Crippen LogP contribution in [0, 0.1) is 6.92 Å². The van der Waals surface area contributed by atoms with Crippen LogP contribution in [-0.4, -0.2) is 4.98 Å². The summed E-state index contributed by atoms with van der Waals surface area (Å²) in [6.45, 7) is 2.00. The lowest BCUT2D eigenvalue weighted by Crippen LogP contribution is -1.87. The normalized spacial score (nSPS) is 10.0. The van der Waals surface area contributed by atoms with Crippen molar-refractivity contribution in [2.75, 3.05) is 0 Å². The van der Waals surface area contributed by atoms with E-state index in [-0.39, 0.29) is 0 Å². The molecule has 1 aromatic heterocycles. The molecule has 0 saturated carbocycles. The minimum atomic E-state index is 0.614. The summed E-state index contributed by atoms with van der Waals surface area (Å²) in [6, 6.07) is 11.5. The van der Waals surface area contributed by atoms with E-state index in [2.05, 4.69) is 20.9 Å². The fraction of sp³-hybridized carbons (Fsp3) is 0.0833. The quantitative estimate of drug-likeness (QED) is 0.819. The van der Waals surface area contributed by atoms with Crippen molar-refractivity contribution >= 4 is 15.9 Å². The maximum atomic E-state index is 5.56. The molecule has 0 saturated heterocycles. The summed E-state index contributed by atoms with van der Waals surface area (Å²) in [5, 5.41) is 0. The number of pyridine rings is 1. The number of benzene rings is 1. The highest BCUT2D eigenvalue weighted by molar-refractivity contribution is 9.10. The van der Waals surface area contributed by atoms with Crippen molar-refractivity contribution in [1.29, 1.82) is 0 Å². The van der Waals surface area contributed by atoms with Gasteiger partial charge in [-0.25, -0.2) is 4.98 Å². The van der Waals surface area contributed by atoms with Gasteiger partial charge >= 0.3 is 0 Å². The average Bonchev–Trinajstić information content (AvgIpc) is 2.25. The van der Waals surface area contributed by atoms with Crippen LogP contribution in [0.15, 0.2) is 47.1 Å². The Morgan fingerprint density at radius 3 is 2.40 bits per heavy atom. The molecule has 2 nitrogen and oxygen atoms in total. The van der Waals surface area contributed by atoms with E-state index in [0.29, 0.717) is 5.88 Å². The Bertz CT molecular complexity index is 393. The minimum Gasteiger partial charge on any atom is -0.439 e. The monoisotopic (exact) mass is 263 g/mol. The first-order chi connectivity index (χ1) is 7.24. The van der Waals surface area contributed by atoms with E-state index >= 15 is 0 Å². The topological polar surface area (TPSA) is 22.1 Å². The van der Waals surface area contributed by atoms with E-state index in [4.69, 9.17) is 4.74 Å². The predicted octanol–water partition coefficient (Wildman–Crippen LogP) is 3.94. The van der Waals surface area contributed by atoms with Crippen LogP contribution in [0.25, 0.3) is 0 Å². The van der Waals surface area contributed by atoms with Crippen molar-refractivity contribution in [2.45, 2.75) is 6.92 Å². The van der Waals surface area contributed by atoms with Gasteiger partial charge in [0.15, 0.2) is 0 Å². The third-order valence-corrected chi connectivity index (χ3v) is 2.45. The van der Waals surface area contributed by atoms with Crippen LogP contribution in [0.2, 0.25) is 0 Å². The van der Waals surface area contributed by atoms with Gasteiger partial charge in [-0.15, -0.1) is 0 Å². The highest BCUT2D eigenvalue weighted by Gasteiger charge is 1.97. The summed E-state index contributed by atoms with van der Waals surface area (Å²) in [5.74, 6) is 1.40. The molecule has 1 heterocycles. The van der Waals surface area contributed by atoms with E-state index in [1.165, 1.54) is 0 Å². The number of ether oxygens (including phenoxy) is 1. The van der Waals surface area contributed by atoms with Crippen LogP contribution in [-0.2, 0) is 0 Å². The maximum Gasteiger partial charge on any atom is 0.219 e. The summed E-state index contributed by atoms with van der Waals surface area (Å²) in [5.41, 5.74) is 1.12. The van der Waals surface area contributed by atoms with Crippen molar-refractivity contribution in [3.05, 3.63) is 52.6 Å². The number of hydrogen-bond acceptors (Lipinski definition) is 2. The molecule has 0 atom stereocenters. The van der Waals surface area contributed by atoms with E-state index in [1.807, 2.05) is 43.3 Å². The molecule has 0 bridgehead atoms. The average molecular weight is 264 g/mol. The first kappa shape index (κ1) is 10.2. The Morgan fingerprint density at radius 2 is 1.80 bits per heavy atom. The van der Waals surface area contributed by atoms with Gasteiger partial charge in [0, 0.05) is 16.7 Å². The number of hydrogen-bond donors (Lipinski definition) is 0. The fourth-order valence-electron chi connectivity index (χ4n) is 1.14. The number of nitrogens with zero attached hydrogens (tertiary/aromatic N) is 1. The number of aryl methyl sites for hydroxylation is 1. The second kappa shape index (κ2) is 4.45. The molecule has 0 aliphatic rings. The fourth-order valence-corrected chi connectivity index (χ4v) is 1.40. The van der Waals surface area contributed by atoms with Crippen molar-refractivity contribution in [2.24, 2.45) is 0 Å². The lowest BCUT2D eigenvalue weighted by atomic mass is 10.3. The van der Waals surface area contributed by atoms with Gasteiger partial charge in [-0.3, -0.25) is 0 Å². The number of halogens is 1. The molecule has 0 radical (unpaired) electrons. The van der Waals surface area contributed by atoms with Crippen molar-refractivity contribution in [3.63, 3.8) is 0 Å². The molecular formula is C12H10BrNO. The summed E-state index contributed by atoms with van der Waals surface area (Å²) >= 11 is 3.37. The Hall–Kier alpha value is -1.35. The maximum absolute atomic E-state index is 5.56. The first-order valence-electron chi connectivity index (χ1n) is 4.60. The molecule has 0 aliphatic carbocycles. The summed E-state index contributed by atoms with van der Waals surface area (Å²) in [6.07, 6.45) is 1.79. The Morgan fingerprint density at radius 1 is 1.07 bits per heavy atom. The third-order valence-electron chi connectivity index (χ3n) is 1.92. The predicted molar refractivity (Wildman–Crippen MR) is 63.2 cm³/mol. The molecule has 15 heavy (non-hydrogen) atoms. The summed E-state index contributed by atoms with van der Waals surface area (Å²) in [7, 11) is 0. The van der Waals surface area contributed by atoms with Crippen LogP contribution in [0.3, 0.4) is 0 Å². The summed E-state index contributed by atoms with van der Waals surface area (Å²) in [4.78, 5) is 4.16. The Balaban J connectivity index is 2.15. The molecule has 0 N–H and O–H groups in total. The van der Waals surface area contributed by atoms with Gasteiger partial charge in [-0.1, -0.05) is 22.0 Å². The number of rotatable bonds is 2. The molecule has 3 heteroatoms. The molecule has 0 unspecified atom stereocenters. The standard InChI is InChI=1S/C12H10BrNO/c1-9-2-7-12(14-8-9)15-11-5-3-10(13)4-6-11/h2-8H,1H3. The Kier molecular flexibility index (Phi) is 3.02. The second-order valence-electron chi connectivity index (χ2n) is 3.23. The molecule has 0 fully saturated rings. The van der Waals surface area contributed by atoms with Gasteiger partial charge in [0.2, 0.25) is 5.88 Å². The van der Waals surface area contributed by atoms with E-state index in [9.17, 15) is 0 Å². The zero-order valence-electron chi connectivity index (χ0n) is 8.27. The van der Waals surface area contributed by atoms with Gasteiger partial charge in [-0.05, 0) is 36.8 Å². The smallest absolute Gasteiger partial charge is 0.219 e. The van der Waals surface area contributed by atoms with Crippen LogP contribution >= 0.6 is 15.9 Å². The lowest BCUT2D eigenvalue weighted by molar-refractivity contribution is 0.462. The van der Waals surface area contributed by atoms with Gasteiger partial charge in [0.05, 0.1) is 0 Å². The molecule has 0 aliphatic heterocycles. The molecule has 1 aromatic carbocycles. The molecule has 2 rings (SSSR count). The van der Waals surface area contributed by atoms with E-state index in [1.54, 1.807) is 6.20 Å². The van der Waals surface area contributed by atoms with Crippen molar-refractivity contribution in [1.82, 2.24) is 4.98 Å². The van der Waals surface area contributed by atoms with Gasteiger partial charge in [0.1, 0.15) is 5.75 Å². The van der Waals surface area contributed by atoms with Crippen LogP contribution in [0.1, 0.15) is 5.56 Å². The molecule has 0 spiro atoms. The van der Waals surface area contributed by atoms with Crippen molar-refractivity contribution in [3.8, 4) is 11.6 Å². The minimum absolute atomic E-state index is 0.614. The Labute approximate surface area is 97.1 Å². The highest BCUT2D eigenvalue weighted by atomic mass is 79.9. The number of aromatic nitrogens is 1. The largest absolute Gasteiger partial charge is 0.439 e. The van der Waals surface area contributed by atoms with Crippen molar-refractivity contribution < 1.29 is 4.74 Å². The SMILES string of the molecule is Cc1ccc(Oc2ccc(Br)cc2)nc1. The molecule has 0 amide bonds. The van der Waals surface area contributed by atoms with E-state index < -0.39 is 0 Å². The lowest BCUT2D eigenvalue weighted by Gasteiger charge is -2.04. The first-order valence-corrected chi connectivity index (χ1v) is 5.39. The van der Waals surface area contributed by atoms with Crippen LogP contribution in [0.5, 0.6) is 11.6 Å². The zero-order chi connectivity index (χ0) is 10.7. The second-order valence-corrected chi connectivity index (χ2v) is 4.15. The molecular weight excluding hydrogens is 254 g/mol. The van der Waals surface area contributed by atoms with Crippen LogP contribution < -0.4 is 4.74 Å². The molecule has 76 valence electrons. The zero-order valence-corrected chi connectivity index (χ0v) is 9.86. The van der Waals surface area contributed by atoms with Gasteiger partial charge < -0.3 is 4.74 Å². The summed E-state index contributed by atoms with van der Waals surface area (Å²) < 4.78 is 6.59. The van der Waals surface area contributed by atoms with Gasteiger partial charge in [-0.2, -0.15) is 0 Å².